The van der Waals surface area contributed by atoms with Crippen LogP contribution in [0.25, 0.3) is 22.2 Å². The smallest absolute Gasteiger partial charge is 0.266 e. The van der Waals surface area contributed by atoms with Crippen molar-refractivity contribution >= 4 is 44.3 Å². The monoisotopic (exact) mass is 495 g/mol. The number of aryl methyl sites for hydroxylation is 3. The number of nitrogens with one attached hydrogen (secondary N) is 1. The fourth-order valence-electron chi connectivity index (χ4n) is 3.43. The number of rotatable bonds is 4. The molecule has 10 nitrogen and oxygen atoms in total. The lowest BCUT2D eigenvalue weighted by atomic mass is 10.0. The number of hydrogen-bond donors (Lipinski definition) is 2. The molecule has 3 N–H and O–H groups in total. The molecule has 0 atom stereocenters. The Morgan fingerprint density at radius 3 is 2.55 bits per heavy atom. The molecule has 4 aromatic rings. The molecule has 3 aromatic heterocycles. The fourth-order valence-corrected chi connectivity index (χ4v) is 5.24. The van der Waals surface area contributed by atoms with Crippen LogP contribution in [0.15, 0.2) is 34.1 Å². The summed E-state index contributed by atoms with van der Waals surface area (Å²) >= 11 is 6.02. The number of fused-ring (bicyclic) bond motifs is 1. The second-order valence-electron chi connectivity index (χ2n) is 7.15. The first kappa shape index (κ1) is 22.6. The standard InChI is InChI=1S/C19H16ClF2N7O3S/c1-8-15(16(20)29(3)26-8)33(31,32)27-12-5-4-11(21)13(14(12)22)10-6-9-7-24-19(23)25-17(9)28(2)18(10)30/h4-7,27H,1-3H3,(H2,23,24,25). The lowest BCUT2D eigenvalue weighted by Crippen LogP contribution is -2.21. The van der Waals surface area contributed by atoms with E-state index in [0.29, 0.717) is 5.39 Å². The molecular formula is C19H16ClF2N7O3S. The molecule has 0 spiro atoms. The minimum absolute atomic E-state index is 0.0802. The number of hydrogen-bond acceptors (Lipinski definition) is 7. The first-order valence-corrected chi connectivity index (χ1v) is 11.1. The maximum Gasteiger partial charge on any atom is 0.266 e. The summed E-state index contributed by atoms with van der Waals surface area (Å²) in [7, 11) is -1.59. The van der Waals surface area contributed by atoms with Crippen LogP contribution in [0, 0.1) is 18.6 Å². The number of sulfonamides is 1. The molecule has 0 aliphatic heterocycles. The van der Waals surface area contributed by atoms with Gasteiger partial charge in [-0.25, -0.2) is 22.2 Å². The number of nitrogen functional groups attached to an aromatic ring is 1. The third kappa shape index (κ3) is 3.68. The summed E-state index contributed by atoms with van der Waals surface area (Å²) in [5.74, 6) is -2.44. The molecule has 14 heteroatoms. The third-order valence-electron chi connectivity index (χ3n) is 4.94. The van der Waals surface area contributed by atoms with Crippen LogP contribution in [-0.4, -0.2) is 32.7 Å². The first-order valence-electron chi connectivity index (χ1n) is 9.25. The Hall–Kier alpha value is -3.58. The maximum absolute atomic E-state index is 15.4. The average Bonchev–Trinajstić information content (AvgIpc) is 3.00. The predicted octanol–water partition coefficient (Wildman–Crippen LogP) is 2.35. The van der Waals surface area contributed by atoms with E-state index < -0.39 is 38.5 Å². The molecule has 0 aliphatic rings. The zero-order valence-corrected chi connectivity index (χ0v) is 19.0. The molecular weight excluding hydrogens is 480 g/mol. The van der Waals surface area contributed by atoms with Crippen molar-refractivity contribution in [3.05, 3.63) is 57.2 Å². The minimum Gasteiger partial charge on any atom is -0.368 e. The van der Waals surface area contributed by atoms with Gasteiger partial charge in [-0.05, 0) is 25.1 Å². The third-order valence-corrected chi connectivity index (χ3v) is 7.00. The Bertz CT molecular complexity index is 1620. The molecule has 0 fully saturated rings. The van der Waals surface area contributed by atoms with E-state index in [-0.39, 0.29) is 32.9 Å². The van der Waals surface area contributed by atoms with Gasteiger partial charge in [-0.2, -0.15) is 10.1 Å². The van der Waals surface area contributed by atoms with Crippen molar-refractivity contribution in [2.45, 2.75) is 11.8 Å². The van der Waals surface area contributed by atoms with Crippen LogP contribution in [0.5, 0.6) is 0 Å². The number of nitrogens with two attached hydrogens (primary N) is 1. The predicted molar refractivity (Wildman–Crippen MR) is 118 cm³/mol. The Labute approximate surface area is 190 Å². The number of pyridine rings is 1. The number of benzene rings is 1. The number of anilines is 2. The molecule has 0 unspecified atom stereocenters. The highest BCUT2D eigenvalue weighted by molar-refractivity contribution is 7.92. The van der Waals surface area contributed by atoms with E-state index in [9.17, 15) is 17.6 Å². The Morgan fingerprint density at radius 2 is 1.91 bits per heavy atom. The van der Waals surface area contributed by atoms with Crippen molar-refractivity contribution in [1.29, 1.82) is 0 Å². The van der Waals surface area contributed by atoms with Gasteiger partial charge in [0, 0.05) is 25.7 Å². The van der Waals surface area contributed by atoms with Crippen LogP contribution in [0.3, 0.4) is 0 Å². The molecule has 33 heavy (non-hydrogen) atoms. The number of aromatic nitrogens is 5. The molecule has 1 aromatic carbocycles. The summed E-state index contributed by atoms with van der Waals surface area (Å²) in [5.41, 5.74) is 3.37. The van der Waals surface area contributed by atoms with Gasteiger partial charge < -0.3 is 5.73 Å². The fraction of sp³-hybridized carbons (Fsp3) is 0.158. The van der Waals surface area contributed by atoms with Gasteiger partial charge in [0.25, 0.3) is 15.6 Å². The van der Waals surface area contributed by atoms with E-state index in [1.54, 1.807) is 0 Å². The lowest BCUT2D eigenvalue weighted by Gasteiger charge is -2.14. The van der Waals surface area contributed by atoms with Gasteiger partial charge in [-0.3, -0.25) is 18.8 Å². The molecule has 0 amide bonds. The van der Waals surface area contributed by atoms with Gasteiger partial charge >= 0.3 is 0 Å². The van der Waals surface area contributed by atoms with Crippen molar-refractivity contribution < 1.29 is 17.2 Å². The van der Waals surface area contributed by atoms with Crippen LogP contribution >= 0.6 is 11.6 Å². The van der Waals surface area contributed by atoms with Gasteiger partial charge in [0.05, 0.1) is 22.5 Å². The van der Waals surface area contributed by atoms with Gasteiger partial charge in [0.15, 0.2) is 5.82 Å². The summed E-state index contributed by atoms with van der Waals surface area (Å²) < 4.78 is 60.2. The molecule has 0 aliphatic carbocycles. The van der Waals surface area contributed by atoms with Gasteiger partial charge in [-0.15, -0.1) is 0 Å². The van der Waals surface area contributed by atoms with E-state index in [1.165, 1.54) is 33.3 Å². The van der Waals surface area contributed by atoms with Crippen LogP contribution in [0.2, 0.25) is 5.15 Å². The van der Waals surface area contributed by atoms with Crippen LogP contribution < -0.4 is 16.0 Å². The highest BCUT2D eigenvalue weighted by Gasteiger charge is 2.28. The summed E-state index contributed by atoms with van der Waals surface area (Å²) in [6.45, 7) is 1.42. The largest absolute Gasteiger partial charge is 0.368 e. The second-order valence-corrected chi connectivity index (χ2v) is 9.12. The minimum atomic E-state index is -4.39. The maximum atomic E-state index is 15.4. The normalized spacial score (nSPS) is 11.8. The first-order chi connectivity index (χ1) is 15.4. The van der Waals surface area contributed by atoms with Crippen LogP contribution in [-0.2, 0) is 24.1 Å². The van der Waals surface area contributed by atoms with Crippen molar-refractivity contribution in [3.8, 4) is 11.1 Å². The molecule has 3 heterocycles. The van der Waals surface area contributed by atoms with Crippen molar-refractivity contribution in [1.82, 2.24) is 24.3 Å². The Kier molecular flexibility index (Phi) is 5.33. The highest BCUT2D eigenvalue weighted by Crippen LogP contribution is 2.33. The van der Waals surface area contributed by atoms with Gasteiger partial charge in [0.2, 0.25) is 5.95 Å². The molecule has 172 valence electrons. The quantitative estimate of drug-likeness (QED) is 0.443. The van der Waals surface area contributed by atoms with E-state index >= 15 is 4.39 Å². The zero-order chi connectivity index (χ0) is 24.2. The molecule has 0 bridgehead atoms. The van der Waals surface area contributed by atoms with Gasteiger partial charge in [-0.1, -0.05) is 11.6 Å². The molecule has 0 saturated carbocycles. The Balaban J connectivity index is 1.89. The lowest BCUT2D eigenvalue weighted by molar-refractivity contribution is 0.587. The van der Waals surface area contributed by atoms with Crippen molar-refractivity contribution in [2.24, 2.45) is 14.1 Å². The highest BCUT2D eigenvalue weighted by atomic mass is 35.5. The van der Waals surface area contributed by atoms with E-state index in [4.69, 9.17) is 17.3 Å². The topological polar surface area (TPSA) is 138 Å². The molecule has 4 rings (SSSR count). The van der Waals surface area contributed by atoms with E-state index in [0.717, 1.165) is 21.4 Å². The van der Waals surface area contributed by atoms with E-state index in [1.807, 2.05) is 0 Å². The summed E-state index contributed by atoms with van der Waals surface area (Å²) in [5, 5.41) is 4.03. The van der Waals surface area contributed by atoms with E-state index in [2.05, 4.69) is 19.8 Å². The number of halogens is 3. The van der Waals surface area contributed by atoms with Gasteiger partial charge in [0.1, 0.15) is 21.5 Å². The average molecular weight is 496 g/mol. The van der Waals surface area contributed by atoms with Crippen molar-refractivity contribution in [2.75, 3.05) is 10.5 Å². The zero-order valence-electron chi connectivity index (χ0n) is 17.4. The Morgan fingerprint density at radius 1 is 1.21 bits per heavy atom. The van der Waals surface area contributed by atoms with Crippen LogP contribution in [0.1, 0.15) is 5.69 Å². The summed E-state index contributed by atoms with van der Waals surface area (Å²) in [6, 6.07) is 2.96. The SMILES string of the molecule is Cc1nn(C)c(Cl)c1S(=O)(=O)Nc1ccc(F)c(-c2cc3cnc(N)nc3n(C)c2=O)c1F. The summed E-state index contributed by atoms with van der Waals surface area (Å²) in [6.07, 6.45) is 1.30. The second kappa shape index (κ2) is 7.78. The summed E-state index contributed by atoms with van der Waals surface area (Å²) in [4.78, 5) is 20.3. The number of nitrogens with zero attached hydrogens (tertiary/aromatic N) is 5. The molecule has 0 saturated heterocycles. The molecule has 0 radical (unpaired) electrons. The van der Waals surface area contributed by atoms with Crippen LogP contribution in [0.4, 0.5) is 20.4 Å². The van der Waals surface area contributed by atoms with Crippen molar-refractivity contribution in [3.63, 3.8) is 0 Å².